The Bertz CT molecular complexity index is 399. The summed E-state index contributed by atoms with van der Waals surface area (Å²) < 4.78 is 21.5. The number of hydrazine groups is 1. The summed E-state index contributed by atoms with van der Waals surface area (Å²) in [6, 6.07) is 3.55. The van der Waals surface area contributed by atoms with E-state index in [-0.39, 0.29) is 12.1 Å². The standard InChI is InChI=1S/C14H24N2O4/c1-9(2)20-8-11(16-15)10-6-12(17-3)14(19-5)13(7-10)18-4/h6-7,9,11,16H,8,15H2,1-5H3. The SMILES string of the molecule is COc1cc(C(COC(C)C)NN)cc(OC)c1OC. The van der Waals surface area contributed by atoms with Crippen molar-refractivity contribution in [3.05, 3.63) is 17.7 Å². The lowest BCUT2D eigenvalue weighted by molar-refractivity contribution is 0.0610. The first-order valence-electron chi connectivity index (χ1n) is 6.45. The zero-order chi connectivity index (χ0) is 15.1. The molecule has 1 aromatic rings. The Morgan fingerprint density at radius 1 is 1.05 bits per heavy atom. The first-order valence-corrected chi connectivity index (χ1v) is 6.45. The molecule has 0 bridgehead atoms. The van der Waals surface area contributed by atoms with Crippen LogP contribution in [0.2, 0.25) is 0 Å². The molecule has 20 heavy (non-hydrogen) atoms. The molecule has 0 aromatic heterocycles. The van der Waals surface area contributed by atoms with Crippen LogP contribution >= 0.6 is 0 Å². The van der Waals surface area contributed by atoms with Gasteiger partial charge in [-0.05, 0) is 31.5 Å². The zero-order valence-electron chi connectivity index (χ0n) is 12.7. The summed E-state index contributed by atoms with van der Waals surface area (Å²) in [6.07, 6.45) is 0.132. The van der Waals surface area contributed by atoms with Crippen LogP contribution < -0.4 is 25.5 Å². The number of hydrogen-bond acceptors (Lipinski definition) is 6. The smallest absolute Gasteiger partial charge is 0.203 e. The van der Waals surface area contributed by atoms with E-state index in [9.17, 15) is 0 Å². The molecule has 3 N–H and O–H groups in total. The predicted molar refractivity (Wildman–Crippen MR) is 77.3 cm³/mol. The minimum Gasteiger partial charge on any atom is -0.493 e. The number of nitrogens with one attached hydrogen (secondary N) is 1. The highest BCUT2D eigenvalue weighted by Gasteiger charge is 2.18. The Morgan fingerprint density at radius 3 is 1.95 bits per heavy atom. The second kappa shape index (κ2) is 7.94. The van der Waals surface area contributed by atoms with Gasteiger partial charge in [-0.1, -0.05) is 0 Å². The minimum atomic E-state index is -0.161. The minimum absolute atomic E-state index is 0.132. The van der Waals surface area contributed by atoms with Gasteiger partial charge in [0.15, 0.2) is 11.5 Å². The third-order valence-corrected chi connectivity index (χ3v) is 2.89. The van der Waals surface area contributed by atoms with E-state index in [0.717, 1.165) is 5.56 Å². The Hall–Kier alpha value is -1.50. The number of hydrogen-bond donors (Lipinski definition) is 2. The topological polar surface area (TPSA) is 75.0 Å². The van der Waals surface area contributed by atoms with E-state index in [1.807, 2.05) is 26.0 Å². The van der Waals surface area contributed by atoms with E-state index in [1.165, 1.54) is 0 Å². The third-order valence-electron chi connectivity index (χ3n) is 2.89. The first kappa shape index (κ1) is 16.6. The molecule has 0 aliphatic carbocycles. The van der Waals surface area contributed by atoms with E-state index in [2.05, 4.69) is 5.43 Å². The van der Waals surface area contributed by atoms with E-state index in [0.29, 0.717) is 23.9 Å². The molecular weight excluding hydrogens is 260 g/mol. The highest BCUT2D eigenvalue weighted by molar-refractivity contribution is 5.54. The summed E-state index contributed by atoms with van der Waals surface area (Å²) in [5.41, 5.74) is 3.64. The van der Waals surface area contributed by atoms with E-state index < -0.39 is 0 Å². The maximum Gasteiger partial charge on any atom is 0.203 e. The lowest BCUT2D eigenvalue weighted by atomic mass is 10.1. The average Bonchev–Trinajstić information content (AvgIpc) is 2.46. The fourth-order valence-corrected chi connectivity index (χ4v) is 1.83. The monoisotopic (exact) mass is 284 g/mol. The third kappa shape index (κ3) is 4.00. The molecule has 0 aliphatic heterocycles. The van der Waals surface area contributed by atoms with Gasteiger partial charge in [0.2, 0.25) is 5.75 Å². The lowest BCUT2D eigenvalue weighted by Gasteiger charge is -2.21. The molecule has 0 spiro atoms. The molecule has 6 nitrogen and oxygen atoms in total. The molecule has 0 heterocycles. The van der Waals surface area contributed by atoms with Crippen LogP contribution in [-0.2, 0) is 4.74 Å². The largest absolute Gasteiger partial charge is 0.493 e. The average molecular weight is 284 g/mol. The molecule has 114 valence electrons. The van der Waals surface area contributed by atoms with E-state index in [1.54, 1.807) is 21.3 Å². The molecule has 1 unspecified atom stereocenters. The molecule has 0 fully saturated rings. The molecule has 0 saturated heterocycles. The lowest BCUT2D eigenvalue weighted by Crippen LogP contribution is -2.32. The number of nitrogens with two attached hydrogens (primary N) is 1. The van der Waals surface area contributed by atoms with Crippen molar-refractivity contribution in [2.45, 2.75) is 26.0 Å². The van der Waals surface area contributed by atoms with Crippen molar-refractivity contribution >= 4 is 0 Å². The van der Waals surface area contributed by atoms with Gasteiger partial charge in [0.05, 0.1) is 40.1 Å². The Morgan fingerprint density at radius 2 is 1.60 bits per heavy atom. The van der Waals surface area contributed by atoms with Gasteiger partial charge in [0.25, 0.3) is 0 Å². The van der Waals surface area contributed by atoms with Crippen molar-refractivity contribution in [3.8, 4) is 17.2 Å². The van der Waals surface area contributed by atoms with Crippen LogP contribution in [0.4, 0.5) is 0 Å². The van der Waals surface area contributed by atoms with Gasteiger partial charge in [-0.3, -0.25) is 11.3 Å². The van der Waals surface area contributed by atoms with Gasteiger partial charge in [0, 0.05) is 0 Å². The van der Waals surface area contributed by atoms with Crippen LogP contribution in [0.15, 0.2) is 12.1 Å². The molecule has 0 aliphatic rings. The predicted octanol–water partition coefficient (Wildman–Crippen LogP) is 1.64. The molecule has 6 heteroatoms. The van der Waals surface area contributed by atoms with E-state index >= 15 is 0 Å². The number of rotatable bonds is 8. The Kier molecular flexibility index (Phi) is 6.57. The highest BCUT2D eigenvalue weighted by Crippen LogP contribution is 2.39. The number of ether oxygens (including phenoxy) is 4. The molecular formula is C14H24N2O4. The summed E-state index contributed by atoms with van der Waals surface area (Å²) >= 11 is 0. The fourth-order valence-electron chi connectivity index (χ4n) is 1.83. The first-order chi connectivity index (χ1) is 9.57. The summed E-state index contributed by atoms with van der Waals surface area (Å²) in [4.78, 5) is 0. The molecule has 0 amide bonds. The maximum atomic E-state index is 5.60. The summed E-state index contributed by atoms with van der Waals surface area (Å²) in [5, 5.41) is 0. The zero-order valence-corrected chi connectivity index (χ0v) is 12.7. The van der Waals surface area contributed by atoms with Crippen molar-refractivity contribution in [2.75, 3.05) is 27.9 Å². The highest BCUT2D eigenvalue weighted by atomic mass is 16.5. The molecule has 1 atom stereocenters. The van der Waals surface area contributed by atoms with Crippen molar-refractivity contribution < 1.29 is 18.9 Å². The van der Waals surface area contributed by atoms with Gasteiger partial charge in [0.1, 0.15) is 0 Å². The van der Waals surface area contributed by atoms with Crippen LogP contribution in [-0.4, -0.2) is 34.0 Å². The van der Waals surface area contributed by atoms with E-state index in [4.69, 9.17) is 24.8 Å². The maximum absolute atomic E-state index is 5.60. The van der Waals surface area contributed by atoms with Gasteiger partial charge in [-0.25, -0.2) is 0 Å². The van der Waals surface area contributed by atoms with Crippen LogP contribution in [0.25, 0.3) is 0 Å². The normalized spacial score (nSPS) is 12.3. The van der Waals surface area contributed by atoms with Crippen molar-refractivity contribution in [2.24, 2.45) is 5.84 Å². The van der Waals surface area contributed by atoms with Crippen molar-refractivity contribution in [1.29, 1.82) is 0 Å². The molecule has 0 radical (unpaired) electrons. The van der Waals surface area contributed by atoms with Gasteiger partial charge < -0.3 is 18.9 Å². The second-order valence-electron chi connectivity index (χ2n) is 4.56. The van der Waals surface area contributed by atoms with Gasteiger partial charge >= 0.3 is 0 Å². The second-order valence-corrected chi connectivity index (χ2v) is 4.56. The summed E-state index contributed by atoms with van der Waals surface area (Å²) in [6.45, 7) is 4.40. The molecule has 1 aromatic carbocycles. The Balaban J connectivity index is 3.09. The van der Waals surface area contributed by atoms with Crippen LogP contribution in [0.5, 0.6) is 17.2 Å². The molecule has 0 saturated carbocycles. The quantitative estimate of drug-likeness (QED) is 0.558. The summed E-state index contributed by atoms with van der Waals surface area (Å²) in [7, 11) is 4.73. The summed E-state index contributed by atoms with van der Waals surface area (Å²) in [5.74, 6) is 7.34. The van der Waals surface area contributed by atoms with Crippen molar-refractivity contribution in [1.82, 2.24) is 5.43 Å². The van der Waals surface area contributed by atoms with Crippen LogP contribution in [0.3, 0.4) is 0 Å². The fraction of sp³-hybridized carbons (Fsp3) is 0.571. The van der Waals surface area contributed by atoms with Crippen LogP contribution in [0, 0.1) is 0 Å². The number of methoxy groups -OCH3 is 3. The van der Waals surface area contributed by atoms with Crippen molar-refractivity contribution in [3.63, 3.8) is 0 Å². The Labute approximate surface area is 120 Å². The number of benzene rings is 1. The van der Waals surface area contributed by atoms with Crippen LogP contribution in [0.1, 0.15) is 25.5 Å². The molecule has 1 rings (SSSR count). The van der Waals surface area contributed by atoms with Gasteiger partial charge in [-0.2, -0.15) is 0 Å². The van der Waals surface area contributed by atoms with Gasteiger partial charge in [-0.15, -0.1) is 0 Å².